The molecule has 0 aliphatic carbocycles. The summed E-state index contributed by atoms with van der Waals surface area (Å²) in [5.74, 6) is 0.221. The standard InChI is InChI=1S/C14H18N4O/c1-2-3-8-18-13(15)12(9-17-18)10-4-6-11(7-5-10)14(16)19/h4-7,9H,2-3,8,15H2,1H3,(H2,16,19). The summed E-state index contributed by atoms with van der Waals surface area (Å²) in [6.07, 6.45) is 3.90. The number of carbonyl (C=O) groups is 1. The van der Waals surface area contributed by atoms with Crippen molar-refractivity contribution in [2.45, 2.75) is 26.3 Å². The first kappa shape index (κ1) is 13.1. The van der Waals surface area contributed by atoms with E-state index in [0.717, 1.165) is 30.5 Å². The fourth-order valence-electron chi connectivity index (χ4n) is 1.92. The molecule has 5 nitrogen and oxygen atoms in total. The summed E-state index contributed by atoms with van der Waals surface area (Å²) in [4.78, 5) is 11.0. The molecule has 0 saturated carbocycles. The molecule has 0 radical (unpaired) electrons. The lowest BCUT2D eigenvalue weighted by Gasteiger charge is -2.05. The highest BCUT2D eigenvalue weighted by atomic mass is 16.1. The van der Waals surface area contributed by atoms with E-state index in [1.165, 1.54) is 0 Å². The van der Waals surface area contributed by atoms with Crippen molar-refractivity contribution < 1.29 is 4.79 Å². The van der Waals surface area contributed by atoms with Crippen molar-refractivity contribution in [3.8, 4) is 11.1 Å². The molecule has 1 amide bonds. The maximum atomic E-state index is 11.0. The molecule has 1 aromatic carbocycles. The van der Waals surface area contributed by atoms with E-state index in [1.807, 2.05) is 12.1 Å². The Labute approximate surface area is 112 Å². The normalized spacial score (nSPS) is 10.6. The van der Waals surface area contributed by atoms with Gasteiger partial charge in [-0.05, 0) is 24.1 Å². The van der Waals surface area contributed by atoms with Crippen LogP contribution >= 0.6 is 0 Å². The first-order chi connectivity index (χ1) is 9.13. The predicted octanol–water partition coefficient (Wildman–Crippen LogP) is 2.03. The molecule has 0 fully saturated rings. The van der Waals surface area contributed by atoms with E-state index < -0.39 is 5.91 Å². The van der Waals surface area contributed by atoms with Crippen molar-refractivity contribution >= 4 is 11.7 Å². The Morgan fingerprint density at radius 2 is 2.00 bits per heavy atom. The molecule has 0 saturated heterocycles. The van der Waals surface area contributed by atoms with Gasteiger partial charge in [0.05, 0.1) is 6.20 Å². The van der Waals surface area contributed by atoms with Gasteiger partial charge in [0.25, 0.3) is 0 Å². The molecule has 2 aromatic rings. The number of amides is 1. The van der Waals surface area contributed by atoms with Gasteiger partial charge >= 0.3 is 0 Å². The molecule has 0 aliphatic rings. The van der Waals surface area contributed by atoms with Crippen LogP contribution in [0.2, 0.25) is 0 Å². The van der Waals surface area contributed by atoms with Crippen LogP contribution in [0.4, 0.5) is 5.82 Å². The minimum absolute atomic E-state index is 0.432. The Morgan fingerprint density at radius 3 is 2.58 bits per heavy atom. The first-order valence-corrected chi connectivity index (χ1v) is 6.35. The molecule has 2 rings (SSSR count). The third kappa shape index (κ3) is 2.76. The number of hydrogen-bond acceptors (Lipinski definition) is 3. The number of anilines is 1. The highest BCUT2D eigenvalue weighted by molar-refractivity contribution is 5.93. The number of primary amides is 1. The molecule has 100 valence electrons. The van der Waals surface area contributed by atoms with Crippen LogP contribution in [0, 0.1) is 0 Å². The number of benzene rings is 1. The minimum atomic E-state index is -0.432. The summed E-state index contributed by atoms with van der Waals surface area (Å²) in [7, 11) is 0. The third-order valence-electron chi connectivity index (χ3n) is 3.08. The van der Waals surface area contributed by atoms with Crippen LogP contribution in [-0.2, 0) is 6.54 Å². The first-order valence-electron chi connectivity index (χ1n) is 6.35. The Morgan fingerprint density at radius 1 is 1.32 bits per heavy atom. The number of carbonyl (C=O) groups excluding carboxylic acids is 1. The van der Waals surface area contributed by atoms with Crippen LogP contribution in [0.3, 0.4) is 0 Å². The number of aromatic nitrogens is 2. The molecule has 0 unspecified atom stereocenters. The number of nitrogen functional groups attached to an aromatic ring is 1. The fourth-order valence-corrected chi connectivity index (χ4v) is 1.92. The highest BCUT2D eigenvalue weighted by Gasteiger charge is 2.09. The zero-order valence-electron chi connectivity index (χ0n) is 11.0. The van der Waals surface area contributed by atoms with E-state index in [-0.39, 0.29) is 0 Å². The van der Waals surface area contributed by atoms with Crippen LogP contribution in [0.25, 0.3) is 11.1 Å². The van der Waals surface area contributed by atoms with Gasteiger partial charge in [-0.3, -0.25) is 4.79 Å². The van der Waals surface area contributed by atoms with Gasteiger partial charge in [0.15, 0.2) is 0 Å². The Hall–Kier alpha value is -2.30. The maximum absolute atomic E-state index is 11.0. The SMILES string of the molecule is CCCCn1ncc(-c2ccc(C(N)=O)cc2)c1N. The van der Waals surface area contributed by atoms with Crippen molar-refractivity contribution in [2.75, 3.05) is 5.73 Å². The number of unbranched alkanes of at least 4 members (excludes halogenated alkanes) is 1. The van der Waals surface area contributed by atoms with Crippen molar-refractivity contribution in [1.82, 2.24) is 9.78 Å². The second-order valence-corrected chi connectivity index (χ2v) is 4.46. The Kier molecular flexibility index (Phi) is 3.85. The van der Waals surface area contributed by atoms with E-state index in [0.29, 0.717) is 11.4 Å². The second kappa shape index (κ2) is 5.56. The predicted molar refractivity (Wildman–Crippen MR) is 75.5 cm³/mol. The zero-order valence-corrected chi connectivity index (χ0v) is 11.0. The molecular weight excluding hydrogens is 240 g/mol. The summed E-state index contributed by atoms with van der Waals surface area (Å²) in [6.45, 7) is 2.95. The maximum Gasteiger partial charge on any atom is 0.248 e. The van der Waals surface area contributed by atoms with Gasteiger partial charge in [-0.1, -0.05) is 25.5 Å². The largest absolute Gasteiger partial charge is 0.383 e. The quantitative estimate of drug-likeness (QED) is 0.860. The van der Waals surface area contributed by atoms with Crippen molar-refractivity contribution in [2.24, 2.45) is 5.73 Å². The Balaban J connectivity index is 2.26. The molecular formula is C14H18N4O. The molecule has 5 heteroatoms. The van der Waals surface area contributed by atoms with Crippen LogP contribution in [0.5, 0.6) is 0 Å². The topological polar surface area (TPSA) is 86.9 Å². The van der Waals surface area contributed by atoms with E-state index in [2.05, 4.69) is 12.0 Å². The molecule has 1 heterocycles. The van der Waals surface area contributed by atoms with Crippen molar-refractivity contribution in [3.05, 3.63) is 36.0 Å². The summed E-state index contributed by atoms with van der Waals surface area (Å²) >= 11 is 0. The Bertz CT molecular complexity index is 572. The average molecular weight is 258 g/mol. The third-order valence-corrected chi connectivity index (χ3v) is 3.08. The monoisotopic (exact) mass is 258 g/mol. The van der Waals surface area contributed by atoms with Crippen LogP contribution < -0.4 is 11.5 Å². The molecule has 0 atom stereocenters. The molecule has 4 N–H and O–H groups in total. The lowest BCUT2D eigenvalue weighted by atomic mass is 10.1. The van der Waals surface area contributed by atoms with Gasteiger partial charge in [-0.2, -0.15) is 5.10 Å². The lowest BCUT2D eigenvalue weighted by molar-refractivity contribution is 0.100. The number of nitrogens with two attached hydrogens (primary N) is 2. The van der Waals surface area contributed by atoms with Gasteiger partial charge < -0.3 is 11.5 Å². The summed E-state index contributed by atoms with van der Waals surface area (Å²) in [5, 5.41) is 4.29. The summed E-state index contributed by atoms with van der Waals surface area (Å²) in [6, 6.07) is 7.05. The van der Waals surface area contributed by atoms with Crippen molar-refractivity contribution in [3.63, 3.8) is 0 Å². The minimum Gasteiger partial charge on any atom is -0.383 e. The number of aryl methyl sites for hydroxylation is 1. The van der Waals surface area contributed by atoms with E-state index in [9.17, 15) is 4.79 Å². The molecule has 19 heavy (non-hydrogen) atoms. The van der Waals surface area contributed by atoms with Gasteiger partial charge in [-0.15, -0.1) is 0 Å². The van der Waals surface area contributed by atoms with Gasteiger partial charge in [0.1, 0.15) is 5.82 Å². The zero-order chi connectivity index (χ0) is 13.8. The van der Waals surface area contributed by atoms with Gasteiger partial charge in [0, 0.05) is 17.7 Å². The number of hydrogen-bond donors (Lipinski definition) is 2. The van der Waals surface area contributed by atoms with Crippen LogP contribution in [0.1, 0.15) is 30.1 Å². The van der Waals surface area contributed by atoms with E-state index in [1.54, 1.807) is 23.0 Å². The van der Waals surface area contributed by atoms with Crippen LogP contribution in [-0.4, -0.2) is 15.7 Å². The van der Waals surface area contributed by atoms with Gasteiger partial charge in [0.2, 0.25) is 5.91 Å². The number of rotatable bonds is 5. The average Bonchev–Trinajstić information content (AvgIpc) is 2.78. The van der Waals surface area contributed by atoms with E-state index >= 15 is 0 Å². The summed E-state index contributed by atoms with van der Waals surface area (Å²) in [5.41, 5.74) is 13.6. The molecule has 1 aromatic heterocycles. The van der Waals surface area contributed by atoms with Gasteiger partial charge in [-0.25, -0.2) is 4.68 Å². The fraction of sp³-hybridized carbons (Fsp3) is 0.286. The smallest absolute Gasteiger partial charge is 0.248 e. The molecule has 0 aliphatic heterocycles. The summed E-state index contributed by atoms with van der Waals surface area (Å²) < 4.78 is 1.81. The number of nitrogens with zero attached hydrogens (tertiary/aromatic N) is 2. The highest BCUT2D eigenvalue weighted by Crippen LogP contribution is 2.26. The van der Waals surface area contributed by atoms with Crippen LogP contribution in [0.15, 0.2) is 30.5 Å². The van der Waals surface area contributed by atoms with Crippen molar-refractivity contribution in [1.29, 1.82) is 0 Å². The second-order valence-electron chi connectivity index (χ2n) is 4.46. The van der Waals surface area contributed by atoms with E-state index in [4.69, 9.17) is 11.5 Å². The molecule has 0 spiro atoms. The lowest BCUT2D eigenvalue weighted by Crippen LogP contribution is -2.10. The molecule has 0 bridgehead atoms.